The normalized spacial score (nSPS) is 12.4. The predicted molar refractivity (Wildman–Crippen MR) is 138 cm³/mol. The fourth-order valence-corrected chi connectivity index (χ4v) is 4.58. The molecule has 0 aliphatic rings. The largest absolute Gasteiger partial charge is 0.352 e. The van der Waals surface area contributed by atoms with Crippen molar-refractivity contribution in [3.63, 3.8) is 0 Å². The van der Waals surface area contributed by atoms with Crippen molar-refractivity contribution < 1.29 is 18.0 Å². The highest BCUT2D eigenvalue weighted by molar-refractivity contribution is 7.92. The van der Waals surface area contributed by atoms with Crippen LogP contribution < -0.4 is 9.62 Å². The summed E-state index contributed by atoms with van der Waals surface area (Å²) in [5.41, 5.74) is 2.10. The number of rotatable bonds is 10. The number of benzene rings is 2. The van der Waals surface area contributed by atoms with Crippen LogP contribution in [0.3, 0.4) is 0 Å². The van der Waals surface area contributed by atoms with Crippen LogP contribution in [0.5, 0.6) is 0 Å². The zero-order valence-electron chi connectivity index (χ0n) is 20.0. The molecule has 7 nitrogen and oxygen atoms in total. The number of amides is 2. The van der Waals surface area contributed by atoms with Crippen LogP contribution in [0.25, 0.3) is 0 Å². The summed E-state index contributed by atoms with van der Waals surface area (Å²) in [6.45, 7) is 7.11. The van der Waals surface area contributed by atoms with Crippen molar-refractivity contribution in [1.29, 1.82) is 0 Å². The lowest BCUT2D eigenvalue weighted by molar-refractivity contribution is -0.140. The summed E-state index contributed by atoms with van der Waals surface area (Å²) in [5, 5.41) is 3.29. The molecule has 0 aromatic heterocycles. The molecule has 0 aliphatic heterocycles. The Bertz CT molecular complexity index is 1120. The number of hydrogen-bond donors (Lipinski definition) is 1. The smallest absolute Gasteiger partial charge is 0.244 e. The Labute approximate surface area is 212 Å². The third-order valence-electron chi connectivity index (χ3n) is 5.16. The van der Waals surface area contributed by atoms with Gasteiger partial charge in [-0.05, 0) is 51.0 Å². The van der Waals surface area contributed by atoms with Gasteiger partial charge in [0, 0.05) is 12.6 Å². The molecule has 10 heteroatoms. The summed E-state index contributed by atoms with van der Waals surface area (Å²) in [7, 11) is -3.84. The van der Waals surface area contributed by atoms with Crippen LogP contribution in [-0.2, 0) is 26.2 Å². The monoisotopic (exact) mass is 527 g/mol. The number of carbonyl (C=O) groups excluding carboxylic acids is 2. The maximum absolute atomic E-state index is 13.6. The number of hydrogen-bond acceptors (Lipinski definition) is 4. The van der Waals surface area contributed by atoms with E-state index in [-0.39, 0.29) is 34.2 Å². The molecule has 0 aliphatic carbocycles. The molecule has 0 heterocycles. The lowest BCUT2D eigenvalue weighted by Gasteiger charge is -2.33. The summed E-state index contributed by atoms with van der Waals surface area (Å²) in [6, 6.07) is 11.1. The number of carbonyl (C=O) groups is 2. The molecule has 0 spiro atoms. The van der Waals surface area contributed by atoms with E-state index in [1.165, 1.54) is 23.1 Å². The first kappa shape index (κ1) is 28.0. The number of nitrogens with one attached hydrogen (secondary N) is 1. The molecule has 1 atom stereocenters. The van der Waals surface area contributed by atoms with E-state index in [0.717, 1.165) is 21.7 Å². The van der Waals surface area contributed by atoms with E-state index in [4.69, 9.17) is 23.2 Å². The van der Waals surface area contributed by atoms with E-state index in [1.54, 1.807) is 0 Å². The Balaban J connectivity index is 2.45. The summed E-state index contributed by atoms with van der Waals surface area (Å²) in [4.78, 5) is 27.9. The highest BCUT2D eigenvalue weighted by Gasteiger charge is 2.32. The number of sulfonamides is 1. The van der Waals surface area contributed by atoms with Crippen molar-refractivity contribution in [2.24, 2.45) is 0 Å². The third-order valence-corrected chi connectivity index (χ3v) is 7.04. The van der Waals surface area contributed by atoms with Crippen LogP contribution >= 0.6 is 23.2 Å². The Morgan fingerprint density at radius 3 is 2.15 bits per heavy atom. The molecule has 2 rings (SSSR count). The standard InChI is InChI=1S/C24H31Cl2N3O4S/c1-6-22(24(31)27-16(2)3)28(14-18-9-7-17(4)8-10-18)23(30)15-29(34(5,32)33)19-11-12-20(25)21(26)13-19/h7-13,16,22H,6,14-15H2,1-5H3,(H,27,31)/t22-/m0/s1. The molecule has 0 saturated carbocycles. The maximum Gasteiger partial charge on any atom is 0.244 e. The van der Waals surface area contributed by atoms with Crippen molar-refractivity contribution in [2.75, 3.05) is 17.1 Å². The molecule has 2 amide bonds. The number of nitrogens with zero attached hydrogens (tertiary/aromatic N) is 2. The average molecular weight is 529 g/mol. The van der Waals surface area contributed by atoms with Gasteiger partial charge < -0.3 is 10.2 Å². The van der Waals surface area contributed by atoms with E-state index in [2.05, 4.69) is 5.32 Å². The third kappa shape index (κ3) is 7.61. The molecule has 0 radical (unpaired) electrons. The summed E-state index contributed by atoms with van der Waals surface area (Å²) in [6.07, 6.45) is 1.37. The first-order valence-corrected chi connectivity index (χ1v) is 13.5. The Morgan fingerprint density at radius 2 is 1.65 bits per heavy atom. The first-order chi connectivity index (χ1) is 15.8. The van der Waals surface area contributed by atoms with Gasteiger partial charge in [0.2, 0.25) is 21.8 Å². The second-order valence-electron chi connectivity index (χ2n) is 8.46. The molecular formula is C24H31Cl2N3O4S. The van der Waals surface area contributed by atoms with Gasteiger partial charge in [0.1, 0.15) is 12.6 Å². The lowest BCUT2D eigenvalue weighted by atomic mass is 10.1. The van der Waals surface area contributed by atoms with Crippen molar-refractivity contribution in [1.82, 2.24) is 10.2 Å². The fourth-order valence-electron chi connectivity index (χ4n) is 3.44. The minimum atomic E-state index is -3.84. The van der Waals surface area contributed by atoms with Crippen molar-refractivity contribution >= 4 is 50.7 Å². The Hall–Kier alpha value is -2.29. The molecule has 34 heavy (non-hydrogen) atoms. The van der Waals surface area contributed by atoms with Gasteiger partial charge in [0.25, 0.3) is 0 Å². The molecule has 2 aromatic rings. The number of halogens is 2. The topological polar surface area (TPSA) is 86.8 Å². The van der Waals surface area contributed by atoms with Crippen molar-refractivity contribution in [2.45, 2.75) is 52.7 Å². The lowest BCUT2D eigenvalue weighted by Crippen LogP contribution is -2.53. The van der Waals surface area contributed by atoms with Gasteiger partial charge in [-0.15, -0.1) is 0 Å². The zero-order valence-corrected chi connectivity index (χ0v) is 22.3. The van der Waals surface area contributed by atoms with Crippen LogP contribution in [0.15, 0.2) is 42.5 Å². The minimum absolute atomic E-state index is 0.110. The fraction of sp³-hybridized carbons (Fsp3) is 0.417. The number of aryl methyl sites for hydroxylation is 1. The van der Waals surface area contributed by atoms with Crippen LogP contribution in [0.4, 0.5) is 5.69 Å². The van der Waals surface area contributed by atoms with Crippen LogP contribution in [0.2, 0.25) is 10.0 Å². The van der Waals surface area contributed by atoms with Crippen molar-refractivity contribution in [3.8, 4) is 0 Å². The number of anilines is 1. The summed E-state index contributed by atoms with van der Waals surface area (Å²) in [5.74, 6) is -0.804. The predicted octanol–water partition coefficient (Wildman–Crippen LogP) is 4.40. The second kappa shape index (κ2) is 11.9. The van der Waals surface area contributed by atoms with E-state index in [1.807, 2.05) is 52.0 Å². The second-order valence-corrected chi connectivity index (χ2v) is 11.2. The highest BCUT2D eigenvalue weighted by atomic mass is 35.5. The van der Waals surface area contributed by atoms with Gasteiger partial charge in [0.15, 0.2) is 0 Å². The SMILES string of the molecule is CC[C@@H](C(=O)NC(C)C)N(Cc1ccc(C)cc1)C(=O)CN(c1ccc(Cl)c(Cl)c1)S(C)(=O)=O. The van der Waals surface area contributed by atoms with Gasteiger partial charge in [0.05, 0.1) is 22.0 Å². The van der Waals surface area contributed by atoms with Crippen LogP contribution in [0.1, 0.15) is 38.3 Å². The van der Waals surface area contributed by atoms with Gasteiger partial charge >= 0.3 is 0 Å². The Kier molecular flexibility index (Phi) is 9.79. The molecule has 186 valence electrons. The average Bonchev–Trinajstić information content (AvgIpc) is 2.74. The highest BCUT2D eigenvalue weighted by Crippen LogP contribution is 2.28. The molecule has 2 aromatic carbocycles. The van der Waals surface area contributed by atoms with Gasteiger partial charge in [-0.3, -0.25) is 13.9 Å². The summed E-state index contributed by atoms with van der Waals surface area (Å²) >= 11 is 12.1. The van der Waals surface area contributed by atoms with Gasteiger partial charge in [-0.2, -0.15) is 0 Å². The molecule has 0 fully saturated rings. The van der Waals surface area contributed by atoms with E-state index in [9.17, 15) is 18.0 Å². The maximum atomic E-state index is 13.6. The quantitative estimate of drug-likeness (QED) is 0.495. The molecule has 1 N–H and O–H groups in total. The van der Waals surface area contributed by atoms with Crippen LogP contribution in [-0.4, -0.2) is 50.0 Å². The molecular weight excluding hydrogens is 497 g/mol. The van der Waals surface area contributed by atoms with Gasteiger partial charge in [-0.1, -0.05) is 60.0 Å². The molecule has 0 saturated heterocycles. The molecule has 0 unspecified atom stereocenters. The zero-order chi connectivity index (χ0) is 25.6. The van der Waals surface area contributed by atoms with Crippen molar-refractivity contribution in [3.05, 3.63) is 63.6 Å². The van der Waals surface area contributed by atoms with E-state index >= 15 is 0 Å². The Morgan fingerprint density at radius 1 is 1.03 bits per heavy atom. The minimum Gasteiger partial charge on any atom is -0.352 e. The molecule has 0 bridgehead atoms. The summed E-state index contributed by atoms with van der Waals surface area (Å²) < 4.78 is 26.2. The van der Waals surface area contributed by atoms with Crippen LogP contribution in [0, 0.1) is 6.92 Å². The first-order valence-electron chi connectivity index (χ1n) is 10.9. The van der Waals surface area contributed by atoms with E-state index < -0.39 is 28.5 Å². The van der Waals surface area contributed by atoms with Gasteiger partial charge in [-0.25, -0.2) is 8.42 Å². The van der Waals surface area contributed by atoms with E-state index in [0.29, 0.717) is 6.42 Å².